The summed E-state index contributed by atoms with van der Waals surface area (Å²) in [6.07, 6.45) is 0. The molecule has 0 heterocycles. The fraction of sp³-hybridized carbons (Fsp3) is 0.143. The lowest BCUT2D eigenvalue weighted by Crippen LogP contribution is -2.00. The highest BCUT2D eigenvalue weighted by Gasteiger charge is 2.14. The van der Waals surface area contributed by atoms with Gasteiger partial charge in [0.05, 0.1) is 9.40 Å². The van der Waals surface area contributed by atoms with Crippen LogP contribution in [0.3, 0.4) is 0 Å². The third kappa shape index (κ3) is 3.79. The third-order valence-corrected chi connectivity index (χ3v) is 4.01. The van der Waals surface area contributed by atoms with Crippen molar-refractivity contribution in [3.05, 3.63) is 67.9 Å². The summed E-state index contributed by atoms with van der Waals surface area (Å²) in [4.78, 5) is 9.81. The van der Waals surface area contributed by atoms with Crippen LogP contribution in [0, 0.1) is 15.9 Å². The summed E-state index contributed by atoms with van der Waals surface area (Å²) < 4.78 is 20.0. The summed E-state index contributed by atoms with van der Waals surface area (Å²) >= 11 is 6.77. The van der Waals surface area contributed by atoms with Gasteiger partial charge in [-0.05, 0) is 39.7 Å². The van der Waals surface area contributed by atoms with E-state index in [9.17, 15) is 14.5 Å². The normalized spacial score (nSPS) is 10.4. The van der Waals surface area contributed by atoms with Crippen LogP contribution in [0.15, 0.2) is 40.9 Å². The molecule has 0 aliphatic heterocycles. The predicted molar refractivity (Wildman–Crippen MR) is 84.2 cm³/mol. The minimum absolute atomic E-state index is 0.123. The van der Waals surface area contributed by atoms with Crippen LogP contribution in [-0.4, -0.2) is 4.92 Å². The average molecular weight is 419 g/mol. The first-order chi connectivity index (χ1) is 10.0. The fourth-order valence-electron chi connectivity index (χ4n) is 1.76. The minimum atomic E-state index is -0.867. The van der Waals surface area contributed by atoms with E-state index in [1.54, 1.807) is 0 Å². The lowest BCUT2D eigenvalue weighted by Gasteiger charge is -2.12. The Bertz CT molecular complexity index is 679. The molecule has 2 aromatic carbocycles. The van der Waals surface area contributed by atoms with Gasteiger partial charge in [-0.3, -0.25) is 10.1 Å². The highest BCUT2D eigenvalue weighted by Crippen LogP contribution is 2.31. The summed E-state index contributed by atoms with van der Waals surface area (Å²) in [5.74, 6) is -0.206. The number of nitro benzene ring substituents is 1. The summed E-state index contributed by atoms with van der Waals surface area (Å²) in [6.45, 7) is 0.123. The molecule has 0 bridgehead atoms. The maximum Gasteiger partial charge on any atom is 0.304 e. The molecule has 0 amide bonds. The molecule has 0 N–H and O–H groups in total. The van der Waals surface area contributed by atoms with Crippen molar-refractivity contribution >= 4 is 37.5 Å². The van der Waals surface area contributed by atoms with Crippen molar-refractivity contribution in [2.75, 3.05) is 0 Å². The SMILES string of the molecule is O=[N+]([O-])c1ccc(COc2c(Br)cccc2CBr)cc1F. The molecule has 2 aromatic rings. The molecule has 0 aliphatic rings. The van der Waals surface area contributed by atoms with Crippen LogP contribution in [0.1, 0.15) is 11.1 Å². The van der Waals surface area contributed by atoms with E-state index in [0.717, 1.165) is 22.2 Å². The molecule has 2 rings (SSSR count). The fourth-order valence-corrected chi connectivity index (χ4v) is 2.73. The Balaban J connectivity index is 2.17. The highest BCUT2D eigenvalue weighted by atomic mass is 79.9. The Labute approximate surface area is 137 Å². The number of rotatable bonds is 5. The average Bonchev–Trinajstić information content (AvgIpc) is 2.45. The first-order valence-corrected chi connectivity index (χ1v) is 7.83. The van der Waals surface area contributed by atoms with E-state index >= 15 is 0 Å². The molecular weight excluding hydrogens is 409 g/mol. The van der Waals surface area contributed by atoms with Crippen LogP contribution in [0.25, 0.3) is 0 Å². The van der Waals surface area contributed by atoms with Crippen LogP contribution in [0.4, 0.5) is 10.1 Å². The van der Waals surface area contributed by atoms with Gasteiger partial charge in [0.15, 0.2) is 0 Å². The molecule has 0 saturated carbocycles. The van der Waals surface area contributed by atoms with E-state index in [0.29, 0.717) is 16.6 Å². The van der Waals surface area contributed by atoms with Gasteiger partial charge < -0.3 is 4.74 Å². The van der Waals surface area contributed by atoms with Gasteiger partial charge in [0.25, 0.3) is 0 Å². The van der Waals surface area contributed by atoms with E-state index < -0.39 is 16.4 Å². The number of nitrogens with zero attached hydrogens (tertiary/aromatic N) is 1. The monoisotopic (exact) mass is 417 g/mol. The molecule has 21 heavy (non-hydrogen) atoms. The first kappa shape index (κ1) is 15.9. The Kier molecular flexibility index (Phi) is 5.30. The Morgan fingerprint density at radius 1 is 1.29 bits per heavy atom. The zero-order valence-electron chi connectivity index (χ0n) is 10.7. The van der Waals surface area contributed by atoms with Crippen LogP contribution < -0.4 is 4.74 Å². The summed E-state index contributed by atoms with van der Waals surface area (Å²) in [5, 5.41) is 11.2. The van der Waals surface area contributed by atoms with Crippen LogP contribution in [-0.2, 0) is 11.9 Å². The van der Waals surface area contributed by atoms with Gasteiger partial charge in [-0.15, -0.1) is 0 Å². The second kappa shape index (κ2) is 7.00. The second-order valence-electron chi connectivity index (χ2n) is 4.19. The van der Waals surface area contributed by atoms with E-state index in [1.807, 2.05) is 18.2 Å². The van der Waals surface area contributed by atoms with Crippen molar-refractivity contribution < 1.29 is 14.1 Å². The van der Waals surface area contributed by atoms with Crippen molar-refractivity contribution in [3.63, 3.8) is 0 Å². The number of halogens is 3. The number of ether oxygens (including phenoxy) is 1. The Morgan fingerprint density at radius 2 is 2.05 bits per heavy atom. The molecule has 7 heteroatoms. The van der Waals surface area contributed by atoms with Crippen LogP contribution in [0.2, 0.25) is 0 Å². The van der Waals surface area contributed by atoms with E-state index in [-0.39, 0.29) is 6.61 Å². The number of nitro groups is 1. The Hall–Kier alpha value is -1.47. The topological polar surface area (TPSA) is 52.4 Å². The van der Waals surface area contributed by atoms with E-state index in [4.69, 9.17) is 4.74 Å². The predicted octanol–water partition coefficient (Wildman–Crippen LogP) is 4.97. The number of benzene rings is 2. The zero-order valence-corrected chi connectivity index (χ0v) is 13.9. The van der Waals surface area contributed by atoms with E-state index in [1.165, 1.54) is 6.07 Å². The van der Waals surface area contributed by atoms with Crippen LogP contribution >= 0.6 is 31.9 Å². The van der Waals surface area contributed by atoms with Crippen molar-refractivity contribution in [1.29, 1.82) is 0 Å². The van der Waals surface area contributed by atoms with Crippen LogP contribution in [0.5, 0.6) is 5.75 Å². The van der Waals surface area contributed by atoms with Crippen molar-refractivity contribution in [3.8, 4) is 5.75 Å². The largest absolute Gasteiger partial charge is 0.487 e. The standard InChI is InChI=1S/C14H10Br2FNO3/c15-7-10-2-1-3-11(16)14(10)21-8-9-4-5-13(18(19)20)12(17)6-9/h1-6H,7-8H2. The van der Waals surface area contributed by atoms with Gasteiger partial charge in [-0.2, -0.15) is 4.39 Å². The maximum absolute atomic E-state index is 13.5. The van der Waals surface area contributed by atoms with Crippen molar-refractivity contribution in [1.82, 2.24) is 0 Å². The molecule has 0 unspecified atom stereocenters. The molecule has 0 fully saturated rings. The van der Waals surface area contributed by atoms with E-state index in [2.05, 4.69) is 31.9 Å². The minimum Gasteiger partial charge on any atom is -0.487 e. The zero-order chi connectivity index (χ0) is 15.4. The molecule has 0 saturated heterocycles. The lowest BCUT2D eigenvalue weighted by molar-refractivity contribution is -0.387. The summed E-state index contributed by atoms with van der Waals surface area (Å²) in [6, 6.07) is 9.37. The molecular formula is C14H10Br2FNO3. The first-order valence-electron chi connectivity index (χ1n) is 5.92. The van der Waals surface area contributed by atoms with Gasteiger partial charge in [-0.25, -0.2) is 0 Å². The molecule has 4 nitrogen and oxygen atoms in total. The molecule has 0 aromatic heterocycles. The Morgan fingerprint density at radius 3 is 2.67 bits per heavy atom. The molecule has 110 valence electrons. The van der Waals surface area contributed by atoms with Crippen molar-refractivity contribution in [2.24, 2.45) is 0 Å². The summed E-state index contributed by atoms with van der Waals surface area (Å²) in [7, 11) is 0. The second-order valence-corrected chi connectivity index (χ2v) is 5.61. The molecule has 0 spiro atoms. The summed E-state index contributed by atoms with van der Waals surface area (Å²) in [5.41, 5.74) is 0.932. The van der Waals surface area contributed by atoms with Gasteiger partial charge in [0.2, 0.25) is 5.82 Å². The van der Waals surface area contributed by atoms with Gasteiger partial charge >= 0.3 is 5.69 Å². The quantitative estimate of drug-likeness (QED) is 0.391. The number of hydrogen-bond donors (Lipinski definition) is 0. The van der Waals surface area contributed by atoms with Gasteiger partial charge in [0.1, 0.15) is 12.4 Å². The number of para-hydroxylation sites is 1. The van der Waals surface area contributed by atoms with Crippen molar-refractivity contribution in [2.45, 2.75) is 11.9 Å². The lowest BCUT2D eigenvalue weighted by atomic mass is 10.2. The molecule has 0 radical (unpaired) electrons. The highest BCUT2D eigenvalue weighted by molar-refractivity contribution is 9.10. The third-order valence-electron chi connectivity index (χ3n) is 2.78. The molecule has 0 atom stereocenters. The number of alkyl halides is 1. The van der Waals surface area contributed by atoms with Gasteiger partial charge in [0, 0.05) is 17.0 Å². The molecule has 0 aliphatic carbocycles. The number of hydrogen-bond acceptors (Lipinski definition) is 3. The smallest absolute Gasteiger partial charge is 0.304 e. The van der Waals surface area contributed by atoms with Gasteiger partial charge in [-0.1, -0.05) is 28.1 Å². The maximum atomic E-state index is 13.5.